The van der Waals surface area contributed by atoms with Gasteiger partial charge in [0.2, 0.25) is 0 Å². The molecule has 0 saturated heterocycles. The van der Waals surface area contributed by atoms with E-state index >= 15 is 0 Å². The first-order valence-corrected chi connectivity index (χ1v) is 9.97. The van der Waals surface area contributed by atoms with Crippen LogP contribution in [0.15, 0.2) is 59.2 Å². The van der Waals surface area contributed by atoms with Crippen LogP contribution in [0.5, 0.6) is 5.75 Å². The number of benzene rings is 2. The number of hydrogen-bond acceptors (Lipinski definition) is 3. The zero-order valence-corrected chi connectivity index (χ0v) is 16.7. The Bertz CT molecular complexity index is 797. The van der Waals surface area contributed by atoms with Gasteiger partial charge in [0, 0.05) is 10.0 Å². The quantitative estimate of drug-likeness (QED) is 0.401. The van der Waals surface area contributed by atoms with Crippen molar-refractivity contribution in [2.75, 3.05) is 6.61 Å². The zero-order valence-electron chi connectivity index (χ0n) is 15.1. The number of halogens is 1. The predicted octanol–water partition coefficient (Wildman–Crippen LogP) is 6.05. The summed E-state index contributed by atoms with van der Waals surface area (Å²) in [6, 6.07) is 16.0. The van der Waals surface area contributed by atoms with Gasteiger partial charge < -0.3 is 4.74 Å². The summed E-state index contributed by atoms with van der Waals surface area (Å²) in [6.45, 7) is 3.01. The summed E-state index contributed by atoms with van der Waals surface area (Å²) >= 11 is 3.45. The highest BCUT2D eigenvalue weighted by Crippen LogP contribution is 2.21. The number of nitrogens with zero attached hydrogens (tertiary/aromatic N) is 3. The first-order chi connectivity index (χ1) is 12.8. The van der Waals surface area contributed by atoms with E-state index in [1.54, 1.807) is 11.0 Å². The highest BCUT2D eigenvalue weighted by molar-refractivity contribution is 9.10. The molecule has 0 fully saturated rings. The zero-order chi connectivity index (χ0) is 18.2. The van der Waals surface area contributed by atoms with Crippen LogP contribution in [0.2, 0.25) is 0 Å². The number of unbranched alkanes of at least 4 members (excludes halogenated alkanes) is 4. The van der Waals surface area contributed by atoms with Crippen LogP contribution in [-0.2, 0) is 0 Å². The van der Waals surface area contributed by atoms with Crippen LogP contribution in [0.1, 0.15) is 39.0 Å². The van der Waals surface area contributed by atoms with Crippen LogP contribution in [0, 0.1) is 0 Å². The minimum atomic E-state index is 0.775. The molecule has 0 amide bonds. The lowest BCUT2D eigenvalue weighted by molar-refractivity contribution is 0.304. The van der Waals surface area contributed by atoms with E-state index in [2.05, 4.69) is 33.1 Å². The van der Waals surface area contributed by atoms with Crippen LogP contribution in [0.3, 0.4) is 0 Å². The van der Waals surface area contributed by atoms with Crippen LogP contribution < -0.4 is 4.74 Å². The Hall–Kier alpha value is -2.14. The Morgan fingerprint density at radius 3 is 2.38 bits per heavy atom. The third kappa shape index (κ3) is 5.18. The van der Waals surface area contributed by atoms with Gasteiger partial charge in [-0.25, -0.2) is 0 Å². The molecule has 136 valence electrons. The molecule has 3 rings (SSSR count). The lowest BCUT2D eigenvalue weighted by Crippen LogP contribution is -2.00. The van der Waals surface area contributed by atoms with Crippen LogP contribution in [0.25, 0.3) is 16.9 Å². The van der Waals surface area contributed by atoms with Gasteiger partial charge in [0.25, 0.3) is 0 Å². The van der Waals surface area contributed by atoms with Gasteiger partial charge in [-0.15, -0.1) is 5.10 Å². The Morgan fingerprint density at radius 1 is 0.923 bits per heavy atom. The SMILES string of the molecule is CCCCCCCOc1ccc(-n2ncc(-c3ccc(Br)cc3)n2)cc1. The minimum absolute atomic E-state index is 0.775. The average Bonchev–Trinajstić information content (AvgIpc) is 3.16. The van der Waals surface area contributed by atoms with Crippen molar-refractivity contribution < 1.29 is 4.74 Å². The summed E-state index contributed by atoms with van der Waals surface area (Å²) in [7, 11) is 0. The molecule has 4 nitrogen and oxygen atoms in total. The maximum Gasteiger partial charge on any atom is 0.119 e. The minimum Gasteiger partial charge on any atom is -0.494 e. The molecule has 1 aromatic heterocycles. The summed E-state index contributed by atoms with van der Waals surface area (Å²) in [5.74, 6) is 0.893. The normalized spacial score (nSPS) is 10.8. The molecule has 0 atom stereocenters. The van der Waals surface area contributed by atoms with E-state index in [9.17, 15) is 0 Å². The summed E-state index contributed by atoms with van der Waals surface area (Å²) < 4.78 is 6.86. The van der Waals surface area contributed by atoms with Crippen molar-refractivity contribution in [2.45, 2.75) is 39.0 Å². The molecular weight excluding hydrogens is 390 g/mol. The molecule has 26 heavy (non-hydrogen) atoms. The van der Waals surface area contributed by atoms with Crippen molar-refractivity contribution in [3.05, 3.63) is 59.2 Å². The maximum atomic E-state index is 5.81. The van der Waals surface area contributed by atoms with Crippen LogP contribution in [-0.4, -0.2) is 21.6 Å². The van der Waals surface area contributed by atoms with Crippen molar-refractivity contribution in [2.24, 2.45) is 0 Å². The van der Waals surface area contributed by atoms with E-state index in [4.69, 9.17) is 4.74 Å². The topological polar surface area (TPSA) is 39.9 Å². The second-order valence-electron chi connectivity index (χ2n) is 6.28. The molecular formula is C21H24BrN3O. The summed E-state index contributed by atoms with van der Waals surface area (Å²) in [6.07, 6.45) is 8.01. The molecule has 1 heterocycles. The van der Waals surface area contributed by atoms with Gasteiger partial charge in [0.15, 0.2) is 0 Å². The first-order valence-electron chi connectivity index (χ1n) is 9.18. The van der Waals surface area contributed by atoms with E-state index in [0.717, 1.165) is 40.2 Å². The van der Waals surface area contributed by atoms with E-state index in [-0.39, 0.29) is 0 Å². The van der Waals surface area contributed by atoms with Gasteiger partial charge in [-0.1, -0.05) is 60.7 Å². The Labute approximate surface area is 163 Å². The lowest BCUT2D eigenvalue weighted by atomic mass is 10.2. The highest BCUT2D eigenvalue weighted by atomic mass is 79.9. The second kappa shape index (κ2) is 9.53. The molecule has 0 N–H and O–H groups in total. The van der Waals surface area contributed by atoms with Gasteiger partial charge in [0.05, 0.1) is 18.5 Å². The second-order valence-corrected chi connectivity index (χ2v) is 7.20. The molecule has 0 saturated carbocycles. The van der Waals surface area contributed by atoms with Gasteiger partial charge in [-0.2, -0.15) is 9.90 Å². The van der Waals surface area contributed by atoms with E-state index in [1.807, 2.05) is 48.5 Å². The largest absolute Gasteiger partial charge is 0.494 e. The lowest BCUT2D eigenvalue weighted by Gasteiger charge is -2.07. The Morgan fingerprint density at radius 2 is 1.65 bits per heavy atom. The fourth-order valence-electron chi connectivity index (χ4n) is 2.71. The fraction of sp³-hybridized carbons (Fsp3) is 0.333. The molecule has 0 bridgehead atoms. The predicted molar refractivity (Wildman–Crippen MR) is 109 cm³/mol. The molecule has 0 radical (unpaired) electrons. The molecule has 0 spiro atoms. The summed E-state index contributed by atoms with van der Waals surface area (Å²) in [4.78, 5) is 1.64. The third-order valence-corrected chi connectivity index (χ3v) is 4.74. The van der Waals surface area contributed by atoms with Crippen molar-refractivity contribution in [3.63, 3.8) is 0 Å². The molecule has 0 aliphatic carbocycles. The molecule has 0 unspecified atom stereocenters. The smallest absolute Gasteiger partial charge is 0.119 e. The van der Waals surface area contributed by atoms with Crippen molar-refractivity contribution in [3.8, 4) is 22.7 Å². The van der Waals surface area contributed by atoms with Crippen molar-refractivity contribution in [1.82, 2.24) is 15.0 Å². The number of hydrogen-bond donors (Lipinski definition) is 0. The van der Waals surface area contributed by atoms with Gasteiger partial charge >= 0.3 is 0 Å². The molecule has 0 aliphatic rings. The number of rotatable bonds is 9. The third-order valence-electron chi connectivity index (χ3n) is 4.22. The van der Waals surface area contributed by atoms with Gasteiger partial charge in [0.1, 0.15) is 11.4 Å². The van der Waals surface area contributed by atoms with Crippen molar-refractivity contribution >= 4 is 15.9 Å². The number of aromatic nitrogens is 3. The van der Waals surface area contributed by atoms with Crippen molar-refractivity contribution in [1.29, 1.82) is 0 Å². The standard InChI is InChI=1S/C21H24BrN3O/c1-2-3-4-5-6-15-26-20-13-11-19(12-14-20)25-23-16-21(24-25)17-7-9-18(22)10-8-17/h7-14,16H,2-6,15H2,1H3. The average molecular weight is 414 g/mol. The molecule has 2 aromatic carbocycles. The fourth-order valence-corrected chi connectivity index (χ4v) is 2.98. The van der Waals surface area contributed by atoms with Gasteiger partial charge in [-0.05, 0) is 42.8 Å². The molecule has 5 heteroatoms. The van der Waals surface area contributed by atoms with E-state index in [0.29, 0.717) is 0 Å². The molecule has 3 aromatic rings. The van der Waals surface area contributed by atoms with Crippen LogP contribution >= 0.6 is 15.9 Å². The first kappa shape index (κ1) is 18.6. The maximum absolute atomic E-state index is 5.81. The van der Waals surface area contributed by atoms with E-state index in [1.165, 1.54) is 25.7 Å². The summed E-state index contributed by atoms with van der Waals surface area (Å²) in [5.41, 5.74) is 2.82. The van der Waals surface area contributed by atoms with Crippen LogP contribution in [0.4, 0.5) is 0 Å². The summed E-state index contributed by atoms with van der Waals surface area (Å²) in [5, 5.41) is 8.94. The number of ether oxygens (including phenoxy) is 1. The van der Waals surface area contributed by atoms with Gasteiger partial charge in [-0.3, -0.25) is 0 Å². The van der Waals surface area contributed by atoms with E-state index < -0.39 is 0 Å². The molecule has 0 aliphatic heterocycles. The Balaban J connectivity index is 1.56. The Kier molecular flexibility index (Phi) is 6.83. The monoisotopic (exact) mass is 413 g/mol. The highest BCUT2D eigenvalue weighted by Gasteiger charge is 2.06.